The Bertz CT molecular complexity index is 422. The third-order valence-corrected chi connectivity index (χ3v) is 4.02. The normalized spacial score (nSPS) is 19.1. The Hall–Kier alpha value is -1.55. The van der Waals surface area contributed by atoms with Crippen molar-refractivity contribution in [2.75, 3.05) is 20.2 Å². The van der Waals surface area contributed by atoms with Crippen LogP contribution in [0.15, 0.2) is 24.3 Å². The molecule has 1 fully saturated rings. The number of rotatable bonds is 4. The highest BCUT2D eigenvalue weighted by Crippen LogP contribution is 2.27. The number of likely N-dealkylation sites (tertiary alicyclic amines) is 1. The Morgan fingerprint density at radius 3 is 2.37 bits per heavy atom. The van der Waals surface area contributed by atoms with Gasteiger partial charge in [-0.3, -0.25) is 9.69 Å². The second-order valence-corrected chi connectivity index (χ2v) is 5.10. The molecule has 1 aliphatic rings. The zero-order chi connectivity index (χ0) is 13.8. The molecule has 0 amide bonds. The molecule has 0 saturated carbocycles. The van der Waals surface area contributed by atoms with Gasteiger partial charge in [-0.25, -0.2) is 0 Å². The van der Waals surface area contributed by atoms with Gasteiger partial charge in [-0.2, -0.15) is 0 Å². The highest BCUT2D eigenvalue weighted by atomic mass is 16.5. The van der Waals surface area contributed by atoms with Crippen molar-refractivity contribution >= 4 is 5.97 Å². The lowest BCUT2D eigenvalue weighted by molar-refractivity contribution is -0.143. The van der Waals surface area contributed by atoms with Gasteiger partial charge in [0.15, 0.2) is 0 Å². The predicted molar refractivity (Wildman–Crippen MR) is 73.3 cm³/mol. The maximum atomic E-state index is 10.9. The van der Waals surface area contributed by atoms with E-state index < -0.39 is 5.97 Å². The molecule has 1 aromatic carbocycles. The highest BCUT2D eigenvalue weighted by molar-refractivity contribution is 5.70. The molecule has 0 aliphatic carbocycles. The first-order valence-electron chi connectivity index (χ1n) is 6.72. The number of carboxylic acids is 1. The quantitative estimate of drug-likeness (QED) is 0.907. The smallest absolute Gasteiger partial charge is 0.306 e. The first-order chi connectivity index (χ1) is 9.11. The number of hydrogen-bond acceptors (Lipinski definition) is 3. The highest BCUT2D eigenvalue weighted by Gasteiger charge is 2.27. The van der Waals surface area contributed by atoms with Crippen LogP contribution in [0.3, 0.4) is 0 Å². The van der Waals surface area contributed by atoms with Gasteiger partial charge in [0.05, 0.1) is 13.0 Å². The van der Waals surface area contributed by atoms with Crippen LogP contribution in [0, 0.1) is 5.92 Å². The monoisotopic (exact) mass is 263 g/mol. The van der Waals surface area contributed by atoms with Crippen molar-refractivity contribution in [2.24, 2.45) is 5.92 Å². The van der Waals surface area contributed by atoms with Crippen LogP contribution >= 0.6 is 0 Å². The van der Waals surface area contributed by atoms with Crippen molar-refractivity contribution in [3.8, 4) is 5.75 Å². The lowest BCUT2D eigenvalue weighted by Gasteiger charge is -2.35. The minimum atomic E-state index is -0.656. The molecule has 1 unspecified atom stereocenters. The zero-order valence-corrected chi connectivity index (χ0v) is 11.5. The van der Waals surface area contributed by atoms with Gasteiger partial charge in [-0.1, -0.05) is 12.1 Å². The lowest BCUT2D eigenvalue weighted by Crippen LogP contribution is -2.37. The minimum absolute atomic E-state index is 0.167. The van der Waals surface area contributed by atoms with E-state index >= 15 is 0 Å². The Labute approximate surface area is 114 Å². The van der Waals surface area contributed by atoms with Crippen LogP contribution in [-0.2, 0) is 4.79 Å². The zero-order valence-electron chi connectivity index (χ0n) is 11.5. The molecule has 1 N–H and O–H groups in total. The van der Waals surface area contributed by atoms with E-state index in [0.29, 0.717) is 6.04 Å². The van der Waals surface area contributed by atoms with Crippen LogP contribution in [0.5, 0.6) is 5.75 Å². The van der Waals surface area contributed by atoms with Gasteiger partial charge < -0.3 is 9.84 Å². The van der Waals surface area contributed by atoms with Gasteiger partial charge in [0.1, 0.15) is 5.75 Å². The van der Waals surface area contributed by atoms with Crippen LogP contribution < -0.4 is 4.74 Å². The van der Waals surface area contributed by atoms with E-state index in [1.165, 1.54) is 5.56 Å². The average Bonchev–Trinajstić information content (AvgIpc) is 2.46. The fourth-order valence-corrected chi connectivity index (χ4v) is 2.63. The molecule has 0 spiro atoms. The largest absolute Gasteiger partial charge is 0.497 e. The van der Waals surface area contributed by atoms with E-state index in [9.17, 15) is 4.79 Å². The van der Waals surface area contributed by atoms with E-state index in [1.807, 2.05) is 12.1 Å². The summed E-state index contributed by atoms with van der Waals surface area (Å²) in [6.45, 7) is 3.87. The Morgan fingerprint density at radius 1 is 1.32 bits per heavy atom. The lowest BCUT2D eigenvalue weighted by atomic mass is 9.95. The van der Waals surface area contributed by atoms with Gasteiger partial charge in [-0.05, 0) is 50.6 Å². The summed E-state index contributed by atoms with van der Waals surface area (Å²) in [5, 5.41) is 9.01. The molecule has 0 radical (unpaired) electrons. The van der Waals surface area contributed by atoms with Crippen molar-refractivity contribution in [1.82, 2.24) is 4.90 Å². The maximum absolute atomic E-state index is 10.9. The third kappa shape index (κ3) is 3.26. The van der Waals surface area contributed by atoms with Crippen LogP contribution in [0.4, 0.5) is 0 Å². The van der Waals surface area contributed by atoms with E-state index in [1.54, 1.807) is 7.11 Å². The number of ether oxygens (including phenoxy) is 1. The summed E-state index contributed by atoms with van der Waals surface area (Å²) in [7, 11) is 1.66. The van der Waals surface area contributed by atoms with Crippen molar-refractivity contribution in [3.63, 3.8) is 0 Å². The molecule has 4 heteroatoms. The van der Waals surface area contributed by atoms with E-state index in [-0.39, 0.29) is 5.92 Å². The van der Waals surface area contributed by atoms with Crippen molar-refractivity contribution < 1.29 is 14.6 Å². The molecule has 1 aliphatic heterocycles. The van der Waals surface area contributed by atoms with Crippen LogP contribution in [-0.4, -0.2) is 36.2 Å². The number of carbonyl (C=O) groups is 1. The SMILES string of the molecule is COc1ccc(C(C)N2CCC(C(=O)O)CC2)cc1. The Kier molecular flexibility index (Phi) is 4.43. The van der Waals surface area contributed by atoms with E-state index in [0.717, 1.165) is 31.7 Å². The van der Waals surface area contributed by atoms with Crippen molar-refractivity contribution in [1.29, 1.82) is 0 Å². The molecule has 1 atom stereocenters. The summed E-state index contributed by atoms with van der Waals surface area (Å²) < 4.78 is 5.16. The summed E-state index contributed by atoms with van der Waals surface area (Å²) in [4.78, 5) is 13.3. The van der Waals surface area contributed by atoms with Crippen LogP contribution in [0.2, 0.25) is 0 Å². The molecule has 19 heavy (non-hydrogen) atoms. The Morgan fingerprint density at radius 2 is 1.89 bits per heavy atom. The molecule has 2 rings (SSSR count). The molecule has 0 aromatic heterocycles. The summed E-state index contributed by atoms with van der Waals surface area (Å²) in [6.07, 6.45) is 1.49. The number of methoxy groups -OCH3 is 1. The van der Waals surface area contributed by atoms with Gasteiger partial charge in [0.25, 0.3) is 0 Å². The topological polar surface area (TPSA) is 49.8 Å². The molecule has 1 heterocycles. The molecule has 104 valence electrons. The second kappa shape index (κ2) is 6.06. The standard InChI is InChI=1S/C15H21NO3/c1-11(12-3-5-14(19-2)6-4-12)16-9-7-13(8-10-16)15(17)18/h3-6,11,13H,7-10H2,1-2H3,(H,17,18). The predicted octanol–water partition coefficient (Wildman–Crippen LogP) is 2.55. The summed E-state index contributed by atoms with van der Waals surface area (Å²) in [5.74, 6) is 0.0385. The van der Waals surface area contributed by atoms with Crippen LogP contribution in [0.25, 0.3) is 0 Å². The second-order valence-electron chi connectivity index (χ2n) is 5.10. The fraction of sp³-hybridized carbons (Fsp3) is 0.533. The molecule has 4 nitrogen and oxygen atoms in total. The number of aliphatic carboxylic acids is 1. The summed E-state index contributed by atoms with van der Waals surface area (Å²) >= 11 is 0. The third-order valence-electron chi connectivity index (χ3n) is 4.02. The van der Waals surface area contributed by atoms with E-state index in [4.69, 9.17) is 9.84 Å². The van der Waals surface area contributed by atoms with Gasteiger partial charge >= 0.3 is 5.97 Å². The minimum Gasteiger partial charge on any atom is -0.497 e. The number of carboxylic acid groups (broad SMARTS) is 1. The molecule has 0 bridgehead atoms. The number of piperidine rings is 1. The van der Waals surface area contributed by atoms with E-state index in [2.05, 4.69) is 24.0 Å². The van der Waals surface area contributed by atoms with Gasteiger partial charge in [0.2, 0.25) is 0 Å². The van der Waals surface area contributed by atoms with Gasteiger partial charge in [0, 0.05) is 6.04 Å². The average molecular weight is 263 g/mol. The first kappa shape index (κ1) is 13.9. The molecular formula is C15H21NO3. The number of hydrogen-bond donors (Lipinski definition) is 1. The van der Waals surface area contributed by atoms with Gasteiger partial charge in [-0.15, -0.1) is 0 Å². The first-order valence-corrected chi connectivity index (χ1v) is 6.72. The molecule has 1 aromatic rings. The maximum Gasteiger partial charge on any atom is 0.306 e. The fourth-order valence-electron chi connectivity index (χ4n) is 2.63. The Balaban J connectivity index is 1.96. The van der Waals surface area contributed by atoms with Crippen LogP contribution in [0.1, 0.15) is 31.4 Å². The van der Waals surface area contributed by atoms with Crippen molar-refractivity contribution in [2.45, 2.75) is 25.8 Å². The number of nitrogens with zero attached hydrogens (tertiary/aromatic N) is 1. The summed E-state index contributed by atoms with van der Waals surface area (Å²) in [5.41, 5.74) is 1.24. The van der Waals surface area contributed by atoms with Crippen molar-refractivity contribution in [3.05, 3.63) is 29.8 Å². The molecular weight excluding hydrogens is 242 g/mol. The number of benzene rings is 1. The molecule has 1 saturated heterocycles. The summed E-state index contributed by atoms with van der Waals surface area (Å²) in [6, 6.07) is 8.41.